The summed E-state index contributed by atoms with van der Waals surface area (Å²) in [6.45, 7) is 0. The Hall–Kier alpha value is -3.70. The summed E-state index contributed by atoms with van der Waals surface area (Å²) in [7, 11) is 0. The first-order chi connectivity index (χ1) is 12.5. The van der Waals surface area contributed by atoms with Crippen molar-refractivity contribution in [1.82, 2.24) is 9.78 Å². The Labute approximate surface area is 152 Å². The normalized spacial score (nSPS) is 10.2. The Morgan fingerprint density at radius 2 is 2.08 bits per heavy atom. The highest BCUT2D eigenvalue weighted by Gasteiger charge is 2.13. The number of nitrogens with one attached hydrogen (secondary N) is 1. The van der Waals surface area contributed by atoms with Crippen molar-refractivity contribution in [2.75, 3.05) is 5.32 Å². The van der Waals surface area contributed by atoms with Gasteiger partial charge in [-0.05, 0) is 30.3 Å². The minimum absolute atomic E-state index is 0.0729. The summed E-state index contributed by atoms with van der Waals surface area (Å²) in [5, 5.41) is 26.7. The van der Waals surface area contributed by atoms with Crippen LogP contribution in [0.1, 0.15) is 16.1 Å². The lowest BCUT2D eigenvalue weighted by molar-refractivity contribution is -0.384. The molecule has 2 aromatic carbocycles. The van der Waals surface area contributed by atoms with Crippen LogP contribution in [-0.4, -0.2) is 20.6 Å². The monoisotopic (exact) mass is 367 g/mol. The molecule has 0 atom stereocenters. The molecule has 0 saturated carbocycles. The fourth-order valence-electron chi connectivity index (χ4n) is 2.22. The van der Waals surface area contributed by atoms with Gasteiger partial charge in [0.05, 0.1) is 21.2 Å². The van der Waals surface area contributed by atoms with Crippen LogP contribution in [0, 0.1) is 21.4 Å². The van der Waals surface area contributed by atoms with E-state index in [9.17, 15) is 14.9 Å². The summed E-state index contributed by atoms with van der Waals surface area (Å²) in [5.74, 6) is -0.477. The molecule has 1 N–H and O–H groups in total. The van der Waals surface area contributed by atoms with Crippen LogP contribution in [0.25, 0.3) is 5.69 Å². The van der Waals surface area contributed by atoms with Crippen LogP contribution in [0.15, 0.2) is 54.7 Å². The van der Waals surface area contributed by atoms with Crippen molar-refractivity contribution in [3.8, 4) is 11.8 Å². The topological polar surface area (TPSA) is 114 Å². The average Bonchev–Trinajstić information content (AvgIpc) is 3.12. The molecule has 8 nitrogen and oxygen atoms in total. The van der Waals surface area contributed by atoms with Crippen molar-refractivity contribution < 1.29 is 9.72 Å². The quantitative estimate of drug-likeness (QED) is 0.559. The Balaban J connectivity index is 1.80. The van der Waals surface area contributed by atoms with Gasteiger partial charge in [-0.25, -0.2) is 4.68 Å². The van der Waals surface area contributed by atoms with E-state index in [1.165, 1.54) is 47.3 Å². The molecule has 9 heteroatoms. The molecule has 26 heavy (non-hydrogen) atoms. The van der Waals surface area contributed by atoms with Gasteiger partial charge in [0.2, 0.25) is 0 Å². The summed E-state index contributed by atoms with van der Waals surface area (Å²) in [6, 6.07) is 13.8. The van der Waals surface area contributed by atoms with Crippen LogP contribution in [0.4, 0.5) is 11.4 Å². The van der Waals surface area contributed by atoms with Gasteiger partial charge in [0.25, 0.3) is 11.6 Å². The SMILES string of the molecule is N#Cc1ccc(NC(=O)c2ccn(-c3cccc([N+](=O)[O-])c3)n2)cc1Cl. The first-order valence-electron chi connectivity index (χ1n) is 7.29. The van der Waals surface area contributed by atoms with Crippen LogP contribution >= 0.6 is 11.6 Å². The predicted octanol–water partition coefficient (Wildman–Crippen LogP) is 3.56. The van der Waals surface area contributed by atoms with Crippen LogP contribution in [0.3, 0.4) is 0 Å². The highest BCUT2D eigenvalue weighted by molar-refractivity contribution is 6.32. The number of carbonyl (C=O) groups excluding carboxylic acids is 1. The number of nitro benzene ring substituents is 1. The average molecular weight is 368 g/mol. The first-order valence-corrected chi connectivity index (χ1v) is 7.67. The van der Waals surface area contributed by atoms with Gasteiger partial charge in [0, 0.05) is 24.0 Å². The third-order valence-corrected chi connectivity index (χ3v) is 3.79. The Morgan fingerprint density at radius 1 is 1.27 bits per heavy atom. The number of nitriles is 1. The molecule has 0 unspecified atom stereocenters. The van der Waals surface area contributed by atoms with E-state index in [0.29, 0.717) is 16.9 Å². The molecule has 1 aromatic heterocycles. The van der Waals surface area contributed by atoms with E-state index >= 15 is 0 Å². The molecule has 0 aliphatic carbocycles. The summed E-state index contributed by atoms with van der Waals surface area (Å²) >= 11 is 5.93. The number of anilines is 1. The summed E-state index contributed by atoms with van der Waals surface area (Å²) in [6.07, 6.45) is 1.53. The van der Waals surface area contributed by atoms with E-state index in [-0.39, 0.29) is 16.4 Å². The second-order valence-electron chi connectivity index (χ2n) is 5.18. The van der Waals surface area contributed by atoms with Crippen molar-refractivity contribution >= 4 is 28.9 Å². The van der Waals surface area contributed by atoms with Crippen molar-refractivity contribution in [2.24, 2.45) is 0 Å². The smallest absolute Gasteiger partial charge is 0.276 e. The van der Waals surface area contributed by atoms with Crippen LogP contribution in [0.5, 0.6) is 0 Å². The Morgan fingerprint density at radius 3 is 2.77 bits per heavy atom. The lowest BCUT2D eigenvalue weighted by Crippen LogP contribution is -2.13. The van der Waals surface area contributed by atoms with Gasteiger partial charge in [0.1, 0.15) is 6.07 Å². The largest absolute Gasteiger partial charge is 0.321 e. The fourth-order valence-corrected chi connectivity index (χ4v) is 2.44. The van der Waals surface area contributed by atoms with Crippen LogP contribution in [-0.2, 0) is 0 Å². The maximum Gasteiger partial charge on any atom is 0.276 e. The number of benzene rings is 2. The number of carbonyl (C=O) groups is 1. The lowest BCUT2D eigenvalue weighted by Gasteiger charge is -2.05. The van der Waals surface area contributed by atoms with Crippen LogP contribution in [0.2, 0.25) is 5.02 Å². The van der Waals surface area contributed by atoms with E-state index in [4.69, 9.17) is 16.9 Å². The van der Waals surface area contributed by atoms with Crippen molar-refractivity contribution in [1.29, 1.82) is 5.26 Å². The number of non-ortho nitro benzene ring substituents is 1. The Kier molecular flexibility index (Phi) is 4.64. The Bertz CT molecular complexity index is 1050. The number of nitro groups is 1. The van der Waals surface area contributed by atoms with E-state index in [1.807, 2.05) is 6.07 Å². The molecule has 0 spiro atoms. The molecule has 3 rings (SSSR count). The van der Waals surface area contributed by atoms with Gasteiger partial charge in [-0.2, -0.15) is 10.4 Å². The third-order valence-electron chi connectivity index (χ3n) is 3.47. The predicted molar refractivity (Wildman–Crippen MR) is 94.3 cm³/mol. The molecule has 0 bridgehead atoms. The van der Waals surface area contributed by atoms with E-state index in [2.05, 4.69) is 10.4 Å². The molecular weight excluding hydrogens is 358 g/mol. The highest BCUT2D eigenvalue weighted by Crippen LogP contribution is 2.21. The number of hydrogen-bond donors (Lipinski definition) is 1. The second-order valence-corrected chi connectivity index (χ2v) is 5.59. The fraction of sp³-hybridized carbons (Fsp3) is 0. The molecule has 1 amide bonds. The molecule has 0 radical (unpaired) electrons. The highest BCUT2D eigenvalue weighted by atomic mass is 35.5. The summed E-state index contributed by atoms with van der Waals surface area (Å²) in [4.78, 5) is 22.6. The van der Waals surface area contributed by atoms with Gasteiger partial charge in [-0.3, -0.25) is 14.9 Å². The van der Waals surface area contributed by atoms with E-state index < -0.39 is 10.8 Å². The zero-order chi connectivity index (χ0) is 18.7. The van der Waals surface area contributed by atoms with E-state index in [0.717, 1.165) is 0 Å². The number of rotatable bonds is 4. The maximum atomic E-state index is 12.3. The minimum atomic E-state index is -0.505. The zero-order valence-corrected chi connectivity index (χ0v) is 13.8. The number of amides is 1. The molecular formula is C17H10ClN5O3. The molecule has 0 aliphatic rings. The number of hydrogen-bond acceptors (Lipinski definition) is 5. The molecule has 3 aromatic rings. The van der Waals surface area contributed by atoms with Gasteiger partial charge in [0.15, 0.2) is 5.69 Å². The standard InChI is InChI=1S/C17H10ClN5O3/c18-15-8-12(5-4-11(15)10-19)20-17(24)16-6-7-22(21-16)13-2-1-3-14(9-13)23(25)26/h1-9H,(H,20,24). The summed E-state index contributed by atoms with van der Waals surface area (Å²) < 4.78 is 1.37. The molecule has 0 aliphatic heterocycles. The zero-order valence-electron chi connectivity index (χ0n) is 13.1. The molecule has 1 heterocycles. The van der Waals surface area contributed by atoms with Crippen molar-refractivity contribution in [3.63, 3.8) is 0 Å². The molecule has 128 valence electrons. The number of nitrogens with zero attached hydrogens (tertiary/aromatic N) is 4. The number of halogens is 1. The van der Waals surface area contributed by atoms with Gasteiger partial charge < -0.3 is 5.32 Å². The van der Waals surface area contributed by atoms with Crippen LogP contribution < -0.4 is 5.32 Å². The third kappa shape index (κ3) is 3.53. The molecule has 0 fully saturated rings. The van der Waals surface area contributed by atoms with Crippen molar-refractivity contribution in [3.05, 3.63) is 81.1 Å². The van der Waals surface area contributed by atoms with E-state index in [1.54, 1.807) is 12.1 Å². The van der Waals surface area contributed by atoms with Gasteiger partial charge >= 0.3 is 0 Å². The molecule has 0 saturated heterocycles. The second kappa shape index (κ2) is 7.04. The van der Waals surface area contributed by atoms with Gasteiger partial charge in [-0.15, -0.1) is 0 Å². The maximum absolute atomic E-state index is 12.3. The van der Waals surface area contributed by atoms with Gasteiger partial charge in [-0.1, -0.05) is 17.7 Å². The lowest BCUT2D eigenvalue weighted by atomic mass is 10.2. The number of aromatic nitrogens is 2. The van der Waals surface area contributed by atoms with Crippen molar-refractivity contribution in [2.45, 2.75) is 0 Å². The first kappa shape index (κ1) is 17.1. The minimum Gasteiger partial charge on any atom is -0.321 e. The summed E-state index contributed by atoms with van der Waals surface area (Å²) in [5.41, 5.74) is 1.23.